The van der Waals surface area contributed by atoms with Crippen molar-refractivity contribution in [2.75, 3.05) is 20.1 Å². The Morgan fingerprint density at radius 2 is 2.06 bits per heavy atom. The summed E-state index contributed by atoms with van der Waals surface area (Å²) in [4.78, 5) is 2.66. The molecule has 2 atom stereocenters. The molecule has 1 aliphatic rings. The molecule has 0 bridgehead atoms. The molecule has 1 N–H and O–H groups in total. The molecule has 1 aromatic carbocycles. The SMILES string of the molecule is CCC(C)CN1Cc2ccccc2CC1CNC. The molecule has 0 aromatic heterocycles. The average Bonchev–Trinajstić information content (AvgIpc) is 2.39. The summed E-state index contributed by atoms with van der Waals surface area (Å²) in [5, 5.41) is 3.35. The van der Waals surface area contributed by atoms with Crippen molar-refractivity contribution in [3.05, 3.63) is 35.4 Å². The standard InChI is InChI=1S/C16H26N2/c1-4-13(2)11-18-12-15-8-6-5-7-14(15)9-16(18)10-17-3/h5-8,13,16-17H,4,9-12H2,1-3H3. The van der Waals surface area contributed by atoms with Crippen molar-refractivity contribution in [3.8, 4) is 0 Å². The van der Waals surface area contributed by atoms with Gasteiger partial charge in [0.15, 0.2) is 0 Å². The largest absolute Gasteiger partial charge is 0.318 e. The molecule has 0 spiro atoms. The minimum Gasteiger partial charge on any atom is -0.318 e. The predicted octanol–water partition coefficient (Wildman–Crippen LogP) is 2.68. The van der Waals surface area contributed by atoms with E-state index >= 15 is 0 Å². The van der Waals surface area contributed by atoms with E-state index in [2.05, 4.69) is 55.4 Å². The van der Waals surface area contributed by atoms with Crippen LogP contribution in [0.3, 0.4) is 0 Å². The van der Waals surface area contributed by atoms with Crippen LogP contribution >= 0.6 is 0 Å². The van der Waals surface area contributed by atoms with Gasteiger partial charge >= 0.3 is 0 Å². The van der Waals surface area contributed by atoms with Crippen LogP contribution in [0, 0.1) is 5.92 Å². The van der Waals surface area contributed by atoms with E-state index < -0.39 is 0 Å². The van der Waals surface area contributed by atoms with Crippen LogP contribution in [-0.2, 0) is 13.0 Å². The molecule has 0 radical (unpaired) electrons. The van der Waals surface area contributed by atoms with Gasteiger partial charge in [-0.25, -0.2) is 0 Å². The minimum atomic E-state index is 0.652. The Hall–Kier alpha value is -0.860. The monoisotopic (exact) mass is 246 g/mol. The first kappa shape index (κ1) is 13.6. The maximum atomic E-state index is 3.35. The summed E-state index contributed by atoms with van der Waals surface area (Å²) >= 11 is 0. The Kier molecular flexibility index (Phi) is 4.79. The maximum Gasteiger partial charge on any atom is 0.0264 e. The molecule has 0 aliphatic carbocycles. The molecule has 0 amide bonds. The van der Waals surface area contributed by atoms with Crippen LogP contribution in [0.1, 0.15) is 31.4 Å². The fourth-order valence-electron chi connectivity index (χ4n) is 2.82. The summed E-state index contributed by atoms with van der Waals surface area (Å²) in [5.74, 6) is 0.787. The van der Waals surface area contributed by atoms with Crippen LogP contribution in [0.25, 0.3) is 0 Å². The predicted molar refractivity (Wildman–Crippen MR) is 77.7 cm³/mol. The van der Waals surface area contributed by atoms with Gasteiger partial charge in [0.25, 0.3) is 0 Å². The number of likely N-dealkylation sites (N-methyl/N-ethyl adjacent to an activating group) is 1. The highest BCUT2D eigenvalue weighted by molar-refractivity contribution is 5.30. The van der Waals surface area contributed by atoms with Gasteiger partial charge in [0.1, 0.15) is 0 Å². The number of nitrogens with zero attached hydrogens (tertiary/aromatic N) is 1. The first-order valence-corrected chi connectivity index (χ1v) is 7.20. The van der Waals surface area contributed by atoms with E-state index in [0.29, 0.717) is 6.04 Å². The normalized spacial score (nSPS) is 21.6. The van der Waals surface area contributed by atoms with Crippen LogP contribution in [0.2, 0.25) is 0 Å². The van der Waals surface area contributed by atoms with Crippen LogP contribution in [-0.4, -0.2) is 31.1 Å². The smallest absolute Gasteiger partial charge is 0.0264 e. The van der Waals surface area contributed by atoms with E-state index in [9.17, 15) is 0 Å². The van der Waals surface area contributed by atoms with Gasteiger partial charge in [-0.15, -0.1) is 0 Å². The van der Waals surface area contributed by atoms with Crippen molar-refractivity contribution in [1.29, 1.82) is 0 Å². The molecule has 2 rings (SSSR count). The van der Waals surface area contributed by atoms with Crippen molar-refractivity contribution in [1.82, 2.24) is 10.2 Å². The Labute approximate surface area is 111 Å². The molecule has 2 heteroatoms. The molecule has 18 heavy (non-hydrogen) atoms. The highest BCUT2D eigenvalue weighted by Crippen LogP contribution is 2.24. The van der Waals surface area contributed by atoms with Crippen molar-refractivity contribution in [2.24, 2.45) is 5.92 Å². The highest BCUT2D eigenvalue weighted by atomic mass is 15.2. The second-order valence-electron chi connectivity index (χ2n) is 5.63. The molecule has 0 fully saturated rings. The van der Waals surface area contributed by atoms with Gasteiger partial charge in [-0.1, -0.05) is 44.5 Å². The summed E-state index contributed by atoms with van der Waals surface area (Å²) in [7, 11) is 2.06. The summed E-state index contributed by atoms with van der Waals surface area (Å²) in [5.41, 5.74) is 3.06. The zero-order valence-electron chi connectivity index (χ0n) is 11.9. The third-order valence-electron chi connectivity index (χ3n) is 4.15. The Morgan fingerprint density at radius 3 is 2.72 bits per heavy atom. The molecule has 0 saturated heterocycles. The quantitative estimate of drug-likeness (QED) is 0.859. The van der Waals surface area contributed by atoms with Gasteiger partial charge in [-0.2, -0.15) is 0 Å². The van der Waals surface area contributed by atoms with Crippen molar-refractivity contribution >= 4 is 0 Å². The topological polar surface area (TPSA) is 15.3 Å². The number of rotatable bonds is 5. The lowest BCUT2D eigenvalue weighted by atomic mass is 9.92. The van der Waals surface area contributed by atoms with Crippen LogP contribution in [0.15, 0.2) is 24.3 Å². The molecule has 2 nitrogen and oxygen atoms in total. The van der Waals surface area contributed by atoms with E-state index in [4.69, 9.17) is 0 Å². The fraction of sp³-hybridized carbons (Fsp3) is 0.625. The number of benzene rings is 1. The molecule has 0 saturated carbocycles. The fourth-order valence-corrected chi connectivity index (χ4v) is 2.82. The molecule has 1 aliphatic heterocycles. The Morgan fingerprint density at radius 1 is 1.33 bits per heavy atom. The average molecular weight is 246 g/mol. The van der Waals surface area contributed by atoms with Crippen molar-refractivity contribution in [3.63, 3.8) is 0 Å². The zero-order valence-corrected chi connectivity index (χ0v) is 11.9. The van der Waals surface area contributed by atoms with E-state index in [-0.39, 0.29) is 0 Å². The van der Waals surface area contributed by atoms with Crippen molar-refractivity contribution < 1.29 is 0 Å². The summed E-state index contributed by atoms with van der Waals surface area (Å²) in [6.07, 6.45) is 2.46. The van der Waals surface area contributed by atoms with Gasteiger partial charge < -0.3 is 5.32 Å². The lowest BCUT2D eigenvalue weighted by Gasteiger charge is -2.38. The van der Waals surface area contributed by atoms with E-state index in [1.54, 1.807) is 0 Å². The van der Waals surface area contributed by atoms with Gasteiger partial charge in [-0.05, 0) is 30.5 Å². The molecule has 100 valence electrons. The maximum absolute atomic E-state index is 3.35. The van der Waals surface area contributed by atoms with Crippen LogP contribution in [0.5, 0.6) is 0 Å². The second kappa shape index (κ2) is 6.35. The van der Waals surface area contributed by atoms with Crippen LogP contribution in [0.4, 0.5) is 0 Å². The Balaban J connectivity index is 2.12. The number of nitrogens with one attached hydrogen (secondary N) is 1. The zero-order chi connectivity index (χ0) is 13.0. The second-order valence-corrected chi connectivity index (χ2v) is 5.63. The van der Waals surface area contributed by atoms with E-state index in [0.717, 1.165) is 19.0 Å². The minimum absolute atomic E-state index is 0.652. The summed E-state index contributed by atoms with van der Waals surface area (Å²) < 4.78 is 0. The molecule has 1 heterocycles. The van der Waals surface area contributed by atoms with Gasteiger partial charge in [-0.3, -0.25) is 4.90 Å². The summed E-state index contributed by atoms with van der Waals surface area (Å²) in [6.45, 7) is 8.07. The molecule has 1 aromatic rings. The summed E-state index contributed by atoms with van der Waals surface area (Å²) in [6, 6.07) is 9.56. The van der Waals surface area contributed by atoms with Gasteiger partial charge in [0.2, 0.25) is 0 Å². The number of fused-ring (bicyclic) bond motifs is 1. The third-order valence-corrected chi connectivity index (χ3v) is 4.15. The van der Waals surface area contributed by atoms with Crippen molar-refractivity contribution in [2.45, 2.75) is 39.3 Å². The van der Waals surface area contributed by atoms with E-state index in [1.165, 1.54) is 30.5 Å². The van der Waals surface area contributed by atoms with Gasteiger partial charge in [0, 0.05) is 25.7 Å². The van der Waals surface area contributed by atoms with E-state index in [1.807, 2.05) is 0 Å². The molecule has 2 unspecified atom stereocenters. The Bertz CT molecular complexity index is 375. The van der Waals surface area contributed by atoms with Crippen LogP contribution < -0.4 is 5.32 Å². The first-order valence-electron chi connectivity index (χ1n) is 7.20. The number of hydrogen-bond donors (Lipinski definition) is 1. The number of hydrogen-bond acceptors (Lipinski definition) is 2. The lowest BCUT2D eigenvalue weighted by molar-refractivity contribution is 0.145. The highest BCUT2D eigenvalue weighted by Gasteiger charge is 2.25. The third kappa shape index (κ3) is 3.12. The lowest BCUT2D eigenvalue weighted by Crippen LogP contribution is -2.47. The first-order chi connectivity index (χ1) is 8.74. The molecular formula is C16H26N2. The molecular weight excluding hydrogens is 220 g/mol. The van der Waals surface area contributed by atoms with Gasteiger partial charge in [0.05, 0.1) is 0 Å².